The summed E-state index contributed by atoms with van der Waals surface area (Å²) in [6.07, 6.45) is 11.3. The van der Waals surface area contributed by atoms with E-state index >= 15 is 0 Å². The van der Waals surface area contributed by atoms with Gasteiger partial charge >= 0.3 is 0 Å². The number of pyridine rings is 1. The summed E-state index contributed by atoms with van der Waals surface area (Å²) in [5.41, 5.74) is 9.65. The number of aromatic nitrogens is 4. The molecule has 7 aromatic rings. The molecule has 4 heteroatoms. The molecular weight excluding hydrogens is 573 g/mol. The molecule has 1 atom stereocenters. The van der Waals surface area contributed by atoms with Gasteiger partial charge < -0.3 is 0 Å². The number of hydrogen-bond donors (Lipinski definition) is 0. The molecule has 2 heterocycles. The van der Waals surface area contributed by atoms with Gasteiger partial charge in [0.1, 0.15) is 5.82 Å². The zero-order valence-electron chi connectivity index (χ0n) is 26.1. The summed E-state index contributed by atoms with van der Waals surface area (Å²) in [6, 6.07) is 44.9. The monoisotopic (exact) mass is 604 g/mol. The molecule has 8 rings (SSSR count). The molecule has 0 spiro atoms. The molecule has 224 valence electrons. The molecule has 1 unspecified atom stereocenters. The lowest BCUT2D eigenvalue weighted by molar-refractivity contribution is 0.764. The van der Waals surface area contributed by atoms with Gasteiger partial charge in [0.05, 0.1) is 0 Å². The second kappa shape index (κ2) is 12.4. The molecular formula is C43H32N4. The standard InChI is InChI=1S/C43H32N4/c1-29-16-17-37(28-44-29)31-18-20-32(21-19-31)38-25-39(36-23-22-30-10-8-9-15-35(30)24-36)27-40(26-38)43-46-41(33-11-4-2-5-12-33)45-42(47-43)34-13-6-3-7-14-34/h2-13,15-28,34H,14H2,1H3. The predicted octanol–water partition coefficient (Wildman–Crippen LogP) is 10.7. The van der Waals surface area contributed by atoms with Crippen molar-refractivity contribution in [1.82, 2.24) is 19.9 Å². The van der Waals surface area contributed by atoms with Crippen LogP contribution < -0.4 is 0 Å². The van der Waals surface area contributed by atoms with Gasteiger partial charge in [0.25, 0.3) is 0 Å². The molecule has 4 nitrogen and oxygen atoms in total. The summed E-state index contributed by atoms with van der Waals surface area (Å²) in [5.74, 6) is 2.23. The Bertz CT molecular complexity index is 2270. The summed E-state index contributed by atoms with van der Waals surface area (Å²) in [5, 5.41) is 2.43. The van der Waals surface area contributed by atoms with Crippen molar-refractivity contribution in [3.8, 4) is 56.2 Å². The Morgan fingerprint density at radius 1 is 0.489 bits per heavy atom. The van der Waals surface area contributed by atoms with Crippen LogP contribution in [0.1, 0.15) is 23.9 Å². The van der Waals surface area contributed by atoms with Crippen molar-refractivity contribution in [2.24, 2.45) is 0 Å². The maximum atomic E-state index is 5.12. The molecule has 0 saturated carbocycles. The van der Waals surface area contributed by atoms with Gasteiger partial charge in [-0.05, 0) is 82.3 Å². The van der Waals surface area contributed by atoms with Crippen molar-refractivity contribution in [3.05, 3.63) is 169 Å². The fourth-order valence-electron chi connectivity index (χ4n) is 6.13. The van der Waals surface area contributed by atoms with E-state index in [4.69, 9.17) is 15.0 Å². The lowest BCUT2D eigenvalue weighted by atomic mass is 9.93. The highest BCUT2D eigenvalue weighted by Gasteiger charge is 2.18. The van der Waals surface area contributed by atoms with Crippen molar-refractivity contribution in [1.29, 1.82) is 0 Å². The Balaban J connectivity index is 1.29. The first-order valence-corrected chi connectivity index (χ1v) is 16.0. The fourth-order valence-corrected chi connectivity index (χ4v) is 6.13. The maximum absolute atomic E-state index is 5.12. The first-order chi connectivity index (χ1) is 23.2. The molecule has 1 aliphatic carbocycles. The lowest BCUT2D eigenvalue weighted by Crippen LogP contribution is -2.08. The molecule has 0 fully saturated rings. The Kier molecular flexibility index (Phi) is 7.52. The van der Waals surface area contributed by atoms with Crippen LogP contribution in [0, 0.1) is 6.92 Å². The average molecular weight is 605 g/mol. The Labute approximate surface area is 274 Å². The zero-order valence-corrected chi connectivity index (χ0v) is 26.1. The molecule has 0 radical (unpaired) electrons. The summed E-state index contributed by atoms with van der Waals surface area (Å²) in [4.78, 5) is 19.7. The molecule has 0 N–H and O–H groups in total. The van der Waals surface area contributed by atoms with Gasteiger partial charge in [0, 0.05) is 34.5 Å². The molecule has 47 heavy (non-hydrogen) atoms. The lowest BCUT2D eigenvalue weighted by Gasteiger charge is -2.16. The van der Waals surface area contributed by atoms with E-state index in [-0.39, 0.29) is 5.92 Å². The average Bonchev–Trinajstić information content (AvgIpc) is 3.15. The second-order valence-corrected chi connectivity index (χ2v) is 12.0. The molecule has 5 aromatic carbocycles. The van der Waals surface area contributed by atoms with E-state index in [1.165, 1.54) is 10.8 Å². The van der Waals surface area contributed by atoms with E-state index < -0.39 is 0 Å². The highest BCUT2D eigenvalue weighted by Crippen LogP contribution is 2.35. The minimum absolute atomic E-state index is 0.0937. The quantitative estimate of drug-likeness (QED) is 0.189. The van der Waals surface area contributed by atoms with Crippen molar-refractivity contribution >= 4 is 10.8 Å². The Hall–Kier alpha value is -6.00. The van der Waals surface area contributed by atoms with Crippen LogP contribution in [0.25, 0.3) is 66.9 Å². The van der Waals surface area contributed by atoms with Gasteiger partial charge in [0.15, 0.2) is 11.6 Å². The highest BCUT2D eigenvalue weighted by molar-refractivity contribution is 5.89. The number of aryl methyl sites for hydroxylation is 1. The van der Waals surface area contributed by atoms with Gasteiger partial charge in [-0.3, -0.25) is 4.98 Å². The number of nitrogens with zero attached hydrogens (tertiary/aromatic N) is 4. The van der Waals surface area contributed by atoms with E-state index in [1.807, 2.05) is 31.3 Å². The van der Waals surface area contributed by atoms with Gasteiger partial charge in [0.2, 0.25) is 0 Å². The van der Waals surface area contributed by atoms with E-state index in [0.29, 0.717) is 11.6 Å². The van der Waals surface area contributed by atoms with Crippen molar-refractivity contribution < 1.29 is 0 Å². The van der Waals surface area contributed by atoms with E-state index in [9.17, 15) is 0 Å². The Morgan fingerprint density at radius 3 is 1.85 bits per heavy atom. The van der Waals surface area contributed by atoms with Crippen LogP contribution in [0.15, 0.2) is 158 Å². The van der Waals surface area contributed by atoms with Crippen LogP contribution >= 0.6 is 0 Å². The number of hydrogen-bond acceptors (Lipinski definition) is 4. The molecule has 1 aliphatic rings. The normalized spacial score (nSPS) is 14.0. The second-order valence-electron chi connectivity index (χ2n) is 12.0. The molecule has 0 bridgehead atoms. The third-order valence-corrected chi connectivity index (χ3v) is 8.73. The molecule has 2 aromatic heterocycles. The summed E-state index contributed by atoms with van der Waals surface area (Å²) in [6.45, 7) is 2.01. The first-order valence-electron chi connectivity index (χ1n) is 16.0. The van der Waals surface area contributed by atoms with Gasteiger partial charge in [-0.15, -0.1) is 0 Å². The smallest absolute Gasteiger partial charge is 0.163 e. The van der Waals surface area contributed by atoms with Crippen LogP contribution in [0.3, 0.4) is 0 Å². The summed E-state index contributed by atoms with van der Waals surface area (Å²) >= 11 is 0. The first kappa shape index (κ1) is 28.5. The largest absolute Gasteiger partial charge is 0.261 e. The minimum atomic E-state index is 0.0937. The maximum Gasteiger partial charge on any atom is 0.163 e. The minimum Gasteiger partial charge on any atom is -0.261 e. The highest BCUT2D eigenvalue weighted by atomic mass is 15.0. The topological polar surface area (TPSA) is 51.6 Å². The van der Waals surface area contributed by atoms with E-state index in [1.54, 1.807) is 0 Å². The van der Waals surface area contributed by atoms with E-state index in [2.05, 4.69) is 138 Å². The number of benzene rings is 5. The van der Waals surface area contributed by atoms with Crippen molar-refractivity contribution in [3.63, 3.8) is 0 Å². The van der Waals surface area contributed by atoms with Crippen LogP contribution in [0.5, 0.6) is 0 Å². The Morgan fingerprint density at radius 2 is 1.13 bits per heavy atom. The van der Waals surface area contributed by atoms with Gasteiger partial charge in [-0.2, -0.15) is 0 Å². The van der Waals surface area contributed by atoms with Crippen molar-refractivity contribution in [2.75, 3.05) is 0 Å². The SMILES string of the molecule is Cc1ccc(-c2ccc(-c3cc(-c4ccc5ccccc5c4)cc(-c4nc(-c5ccccc5)nc(C5C=CC=CC5)n4)c3)cc2)cn1. The van der Waals surface area contributed by atoms with Gasteiger partial charge in [-0.1, -0.05) is 121 Å². The third-order valence-electron chi connectivity index (χ3n) is 8.73. The number of fused-ring (bicyclic) bond motifs is 1. The third kappa shape index (κ3) is 6.01. The van der Waals surface area contributed by atoms with Crippen LogP contribution in [-0.2, 0) is 0 Å². The van der Waals surface area contributed by atoms with Gasteiger partial charge in [-0.25, -0.2) is 15.0 Å². The predicted molar refractivity (Wildman–Crippen MR) is 193 cm³/mol. The van der Waals surface area contributed by atoms with Crippen molar-refractivity contribution in [2.45, 2.75) is 19.3 Å². The summed E-state index contributed by atoms with van der Waals surface area (Å²) in [7, 11) is 0. The van der Waals surface area contributed by atoms with Crippen LogP contribution in [0.2, 0.25) is 0 Å². The number of allylic oxidation sites excluding steroid dienone is 4. The van der Waals surface area contributed by atoms with Crippen LogP contribution in [0.4, 0.5) is 0 Å². The molecule has 0 saturated heterocycles. The van der Waals surface area contributed by atoms with E-state index in [0.717, 1.165) is 62.4 Å². The summed E-state index contributed by atoms with van der Waals surface area (Å²) < 4.78 is 0. The number of rotatable bonds is 6. The molecule has 0 amide bonds. The zero-order chi connectivity index (χ0) is 31.6. The van der Waals surface area contributed by atoms with Crippen LogP contribution in [-0.4, -0.2) is 19.9 Å². The molecule has 0 aliphatic heterocycles. The fraction of sp³-hybridized carbons (Fsp3) is 0.0698.